The van der Waals surface area contributed by atoms with Crippen LogP contribution in [0.2, 0.25) is 0 Å². The molecule has 0 aromatic carbocycles. The highest BCUT2D eigenvalue weighted by atomic mass is 19.4. The van der Waals surface area contributed by atoms with Crippen molar-refractivity contribution in [1.82, 2.24) is 14.8 Å². The molecule has 2 aliphatic heterocycles. The highest BCUT2D eigenvalue weighted by molar-refractivity contribution is 5.97. The van der Waals surface area contributed by atoms with E-state index in [1.165, 1.54) is 18.3 Å². The fourth-order valence-electron chi connectivity index (χ4n) is 3.49. The molecule has 6 nitrogen and oxygen atoms in total. The van der Waals surface area contributed by atoms with Crippen LogP contribution >= 0.6 is 0 Å². The first-order chi connectivity index (χ1) is 12.8. The van der Waals surface area contributed by atoms with Crippen LogP contribution in [-0.2, 0) is 4.79 Å². The van der Waals surface area contributed by atoms with E-state index in [-0.39, 0.29) is 23.3 Å². The molecule has 0 saturated carbocycles. The minimum absolute atomic E-state index is 0.0151. The minimum Gasteiger partial charge on any atom is -0.468 e. The first-order valence-corrected chi connectivity index (χ1v) is 9.10. The van der Waals surface area contributed by atoms with Crippen molar-refractivity contribution in [2.24, 2.45) is 0 Å². The van der Waals surface area contributed by atoms with Crippen molar-refractivity contribution < 1.29 is 27.5 Å². The largest absolute Gasteiger partial charge is 0.468 e. The van der Waals surface area contributed by atoms with E-state index in [1.54, 1.807) is 4.90 Å². The zero-order chi connectivity index (χ0) is 19.4. The number of nitrogens with zero attached hydrogens (tertiary/aromatic N) is 3. The number of hydrogen-bond donors (Lipinski definition) is 0. The molecule has 0 bridgehead atoms. The Morgan fingerprint density at radius 2 is 1.81 bits per heavy atom. The number of ether oxygens (including phenoxy) is 1. The second-order valence-corrected chi connectivity index (χ2v) is 6.83. The molecule has 0 N–H and O–H groups in total. The maximum atomic E-state index is 12.9. The summed E-state index contributed by atoms with van der Waals surface area (Å²) in [6.07, 6.45) is 1.03. The van der Waals surface area contributed by atoms with Gasteiger partial charge in [0.1, 0.15) is 6.04 Å². The summed E-state index contributed by atoms with van der Waals surface area (Å²) in [5.74, 6) is -0.548. The molecule has 2 aliphatic rings. The Hall–Kier alpha value is -2.32. The van der Waals surface area contributed by atoms with Crippen LogP contribution in [0.15, 0.2) is 18.3 Å². The van der Waals surface area contributed by atoms with Crippen LogP contribution in [0.4, 0.5) is 13.2 Å². The fourth-order valence-corrected chi connectivity index (χ4v) is 3.49. The van der Waals surface area contributed by atoms with E-state index >= 15 is 0 Å². The number of piperidine rings is 1. The van der Waals surface area contributed by atoms with E-state index in [0.717, 1.165) is 38.8 Å². The van der Waals surface area contributed by atoms with Crippen LogP contribution in [0.5, 0.6) is 5.88 Å². The average molecular weight is 385 g/mol. The number of alkyl halides is 3. The van der Waals surface area contributed by atoms with Crippen molar-refractivity contribution in [3.63, 3.8) is 0 Å². The summed E-state index contributed by atoms with van der Waals surface area (Å²) in [6.45, 7) is 0.496. The van der Waals surface area contributed by atoms with Crippen LogP contribution in [0.3, 0.4) is 0 Å². The molecular formula is C18H22F3N3O3. The lowest BCUT2D eigenvalue weighted by Gasteiger charge is -2.36. The number of halogens is 3. The molecule has 1 unspecified atom stereocenters. The number of carbonyl (C=O) groups is 2. The molecule has 0 spiro atoms. The first kappa shape index (κ1) is 19.4. The summed E-state index contributed by atoms with van der Waals surface area (Å²) in [5.41, 5.74) is 0.232. The van der Waals surface area contributed by atoms with Gasteiger partial charge in [-0.15, -0.1) is 0 Å². The number of carbonyl (C=O) groups excluding carboxylic acids is 2. The van der Waals surface area contributed by atoms with Crippen LogP contribution in [0.25, 0.3) is 0 Å². The van der Waals surface area contributed by atoms with Gasteiger partial charge in [0, 0.05) is 31.9 Å². The predicted molar refractivity (Wildman–Crippen MR) is 90.3 cm³/mol. The smallest absolute Gasteiger partial charge is 0.422 e. The summed E-state index contributed by atoms with van der Waals surface area (Å²) >= 11 is 0. The molecule has 1 aromatic rings. The SMILES string of the molecule is O=C(C1CCCCN1C(=O)c1ccc(OCC(F)(F)F)nc1)N1CCCC1. The maximum Gasteiger partial charge on any atom is 0.422 e. The molecule has 2 amide bonds. The average Bonchev–Trinajstić information content (AvgIpc) is 3.20. The van der Waals surface area contributed by atoms with Crippen LogP contribution in [0.1, 0.15) is 42.5 Å². The Labute approximate surface area is 155 Å². The number of rotatable bonds is 4. The molecular weight excluding hydrogens is 363 g/mol. The van der Waals surface area contributed by atoms with Gasteiger partial charge in [-0.2, -0.15) is 13.2 Å². The van der Waals surface area contributed by atoms with E-state index in [4.69, 9.17) is 0 Å². The van der Waals surface area contributed by atoms with Gasteiger partial charge in [-0.05, 0) is 38.2 Å². The summed E-state index contributed by atoms with van der Waals surface area (Å²) in [5, 5.41) is 0. The van der Waals surface area contributed by atoms with Crippen molar-refractivity contribution in [3.8, 4) is 5.88 Å². The molecule has 1 atom stereocenters. The number of hydrogen-bond acceptors (Lipinski definition) is 4. The quantitative estimate of drug-likeness (QED) is 0.800. The summed E-state index contributed by atoms with van der Waals surface area (Å²) in [7, 11) is 0. The van der Waals surface area contributed by atoms with E-state index in [9.17, 15) is 22.8 Å². The Morgan fingerprint density at radius 1 is 1.11 bits per heavy atom. The van der Waals surface area contributed by atoms with Gasteiger partial charge < -0.3 is 14.5 Å². The van der Waals surface area contributed by atoms with Gasteiger partial charge in [-0.1, -0.05) is 0 Å². The van der Waals surface area contributed by atoms with Gasteiger partial charge in [0.2, 0.25) is 11.8 Å². The monoisotopic (exact) mass is 385 g/mol. The Balaban J connectivity index is 1.68. The summed E-state index contributed by atoms with van der Waals surface area (Å²) in [4.78, 5) is 32.8. The second-order valence-electron chi connectivity index (χ2n) is 6.83. The standard InChI is InChI=1S/C18H22F3N3O3/c19-18(20,21)12-27-15-7-6-13(11-22-15)16(25)24-10-2-1-5-14(24)17(26)23-8-3-4-9-23/h6-7,11,14H,1-5,8-10,12H2. The van der Waals surface area contributed by atoms with Crippen molar-refractivity contribution in [3.05, 3.63) is 23.9 Å². The van der Waals surface area contributed by atoms with Crippen molar-refractivity contribution in [1.29, 1.82) is 0 Å². The molecule has 0 aliphatic carbocycles. The van der Waals surface area contributed by atoms with E-state index in [0.29, 0.717) is 13.0 Å². The topological polar surface area (TPSA) is 62.7 Å². The van der Waals surface area contributed by atoms with Crippen molar-refractivity contribution >= 4 is 11.8 Å². The normalized spacial score (nSPS) is 20.6. The maximum absolute atomic E-state index is 12.9. The highest BCUT2D eigenvalue weighted by Gasteiger charge is 2.36. The lowest BCUT2D eigenvalue weighted by Crippen LogP contribution is -2.52. The zero-order valence-electron chi connectivity index (χ0n) is 14.9. The third-order valence-electron chi connectivity index (χ3n) is 4.83. The molecule has 2 fully saturated rings. The molecule has 1 aromatic heterocycles. The highest BCUT2D eigenvalue weighted by Crippen LogP contribution is 2.24. The van der Waals surface area contributed by atoms with E-state index in [1.807, 2.05) is 4.90 Å². The molecule has 9 heteroatoms. The Kier molecular flexibility index (Phi) is 5.86. The lowest BCUT2D eigenvalue weighted by atomic mass is 10.00. The molecule has 2 saturated heterocycles. The summed E-state index contributed by atoms with van der Waals surface area (Å²) in [6, 6.07) is 2.14. The lowest BCUT2D eigenvalue weighted by molar-refractivity contribution is -0.154. The zero-order valence-corrected chi connectivity index (χ0v) is 14.9. The Morgan fingerprint density at radius 3 is 2.44 bits per heavy atom. The van der Waals surface area contributed by atoms with Crippen LogP contribution in [-0.4, -0.2) is 65.1 Å². The summed E-state index contributed by atoms with van der Waals surface area (Å²) < 4.78 is 41.1. The number of aromatic nitrogens is 1. The van der Waals surface area contributed by atoms with Crippen molar-refractivity contribution in [2.45, 2.75) is 44.3 Å². The molecule has 3 rings (SSSR count). The number of pyridine rings is 1. The van der Waals surface area contributed by atoms with E-state index < -0.39 is 18.8 Å². The number of amides is 2. The van der Waals surface area contributed by atoms with Gasteiger partial charge in [0.05, 0.1) is 5.56 Å². The van der Waals surface area contributed by atoms with Crippen LogP contribution < -0.4 is 4.74 Å². The van der Waals surface area contributed by atoms with Gasteiger partial charge >= 0.3 is 6.18 Å². The van der Waals surface area contributed by atoms with Gasteiger partial charge in [0.25, 0.3) is 5.91 Å². The van der Waals surface area contributed by atoms with Crippen LogP contribution in [0, 0.1) is 0 Å². The number of likely N-dealkylation sites (tertiary alicyclic amines) is 2. The fraction of sp³-hybridized carbons (Fsp3) is 0.611. The third-order valence-corrected chi connectivity index (χ3v) is 4.83. The molecule has 148 valence electrons. The third kappa shape index (κ3) is 4.90. The Bertz CT molecular complexity index is 673. The first-order valence-electron chi connectivity index (χ1n) is 9.10. The minimum atomic E-state index is -4.45. The van der Waals surface area contributed by atoms with Crippen molar-refractivity contribution in [2.75, 3.05) is 26.2 Å². The molecule has 27 heavy (non-hydrogen) atoms. The van der Waals surface area contributed by atoms with Gasteiger partial charge in [-0.25, -0.2) is 4.98 Å². The van der Waals surface area contributed by atoms with E-state index in [2.05, 4.69) is 9.72 Å². The molecule has 3 heterocycles. The van der Waals surface area contributed by atoms with Gasteiger partial charge in [0.15, 0.2) is 6.61 Å². The molecule has 0 radical (unpaired) electrons. The predicted octanol–water partition coefficient (Wildman–Crippen LogP) is 2.64. The second kappa shape index (κ2) is 8.14. The van der Waals surface area contributed by atoms with Gasteiger partial charge in [-0.3, -0.25) is 9.59 Å².